The average Bonchev–Trinajstić information content (AvgIpc) is 2.49. The quantitative estimate of drug-likeness (QED) is 0.863. The molecule has 1 aromatic carbocycles. The second-order valence-corrected chi connectivity index (χ2v) is 4.03. The van der Waals surface area contributed by atoms with Gasteiger partial charge in [0.25, 0.3) is 0 Å². The highest BCUT2D eigenvalue weighted by molar-refractivity contribution is 5.68. The lowest BCUT2D eigenvalue weighted by Gasteiger charge is -2.16. The van der Waals surface area contributed by atoms with Crippen molar-refractivity contribution in [2.45, 2.75) is 13.8 Å². The van der Waals surface area contributed by atoms with Crippen LogP contribution in [0.4, 0.5) is 0 Å². The number of benzene rings is 1. The highest BCUT2D eigenvalue weighted by atomic mass is 16.5. The van der Waals surface area contributed by atoms with Crippen molar-refractivity contribution in [2.24, 2.45) is 0 Å². The first-order valence-electron chi connectivity index (χ1n) is 6.40. The number of nitrogens with zero attached hydrogens (tertiary/aromatic N) is 3. The van der Waals surface area contributed by atoms with Crippen LogP contribution in [0, 0.1) is 6.92 Å². The fourth-order valence-electron chi connectivity index (χ4n) is 1.87. The molecule has 1 heterocycles. The maximum atomic E-state index is 8.96. The summed E-state index contributed by atoms with van der Waals surface area (Å²) in [6.45, 7) is 4.55. The van der Waals surface area contributed by atoms with Gasteiger partial charge in [-0.3, -0.25) is 0 Å². The Kier molecular flexibility index (Phi) is 4.84. The van der Waals surface area contributed by atoms with Crippen LogP contribution in [0.15, 0.2) is 24.8 Å². The number of hydrogen-bond donors (Lipinski definition) is 1. The molecular weight excluding hydrogens is 258 g/mol. The fraction of sp³-hybridized carbons (Fsp3) is 0.357. The number of aromatic nitrogens is 3. The maximum absolute atomic E-state index is 8.96. The van der Waals surface area contributed by atoms with Gasteiger partial charge in [-0.15, -0.1) is 0 Å². The van der Waals surface area contributed by atoms with Gasteiger partial charge >= 0.3 is 0 Å². The van der Waals surface area contributed by atoms with Gasteiger partial charge in [-0.05, 0) is 26.0 Å². The third kappa shape index (κ3) is 3.03. The predicted octanol–water partition coefficient (Wildman–Crippen LogP) is 1.62. The van der Waals surface area contributed by atoms with Gasteiger partial charge in [0.05, 0.1) is 18.8 Å². The van der Waals surface area contributed by atoms with Gasteiger partial charge in [0.1, 0.15) is 30.8 Å². The van der Waals surface area contributed by atoms with E-state index < -0.39 is 0 Å². The van der Waals surface area contributed by atoms with E-state index in [1.54, 1.807) is 0 Å². The van der Waals surface area contributed by atoms with Crippen LogP contribution in [0.25, 0.3) is 11.4 Å². The van der Waals surface area contributed by atoms with Crippen LogP contribution >= 0.6 is 0 Å². The summed E-state index contributed by atoms with van der Waals surface area (Å²) in [7, 11) is 0. The van der Waals surface area contributed by atoms with Crippen molar-refractivity contribution in [1.82, 2.24) is 15.0 Å². The Hall–Kier alpha value is -2.21. The molecule has 0 unspecified atom stereocenters. The van der Waals surface area contributed by atoms with Crippen LogP contribution in [0.2, 0.25) is 0 Å². The lowest BCUT2D eigenvalue weighted by Crippen LogP contribution is -2.06. The zero-order valence-electron chi connectivity index (χ0n) is 11.5. The van der Waals surface area contributed by atoms with Crippen LogP contribution < -0.4 is 9.47 Å². The summed E-state index contributed by atoms with van der Waals surface area (Å²) in [6.07, 6.45) is 2.87. The molecule has 0 saturated heterocycles. The zero-order valence-corrected chi connectivity index (χ0v) is 11.5. The SMILES string of the molecule is CCOc1ccc(-c2ncncn2)c(OCCO)c1C. The normalized spacial score (nSPS) is 10.3. The number of rotatable bonds is 6. The predicted molar refractivity (Wildman–Crippen MR) is 73.7 cm³/mol. The third-order valence-corrected chi connectivity index (χ3v) is 2.73. The molecule has 0 saturated carbocycles. The standard InChI is InChI=1S/C14H17N3O3/c1-3-19-12-5-4-11(14-16-8-15-9-17-14)13(10(12)2)20-7-6-18/h4-5,8-9,18H,3,6-7H2,1-2H3. The number of aliphatic hydroxyl groups is 1. The molecule has 0 aliphatic rings. The van der Waals surface area contributed by atoms with Crippen molar-refractivity contribution < 1.29 is 14.6 Å². The third-order valence-electron chi connectivity index (χ3n) is 2.73. The summed E-state index contributed by atoms with van der Waals surface area (Å²) < 4.78 is 11.2. The average molecular weight is 275 g/mol. The molecule has 106 valence electrons. The molecule has 2 rings (SSSR count). The largest absolute Gasteiger partial charge is 0.493 e. The molecule has 20 heavy (non-hydrogen) atoms. The molecule has 0 fully saturated rings. The summed E-state index contributed by atoms with van der Waals surface area (Å²) >= 11 is 0. The van der Waals surface area contributed by atoms with E-state index in [1.807, 2.05) is 26.0 Å². The lowest BCUT2D eigenvalue weighted by atomic mass is 10.1. The first-order valence-corrected chi connectivity index (χ1v) is 6.40. The summed E-state index contributed by atoms with van der Waals surface area (Å²) in [6, 6.07) is 3.71. The summed E-state index contributed by atoms with van der Waals surface area (Å²) in [4.78, 5) is 12.1. The fourth-order valence-corrected chi connectivity index (χ4v) is 1.87. The first-order chi connectivity index (χ1) is 9.77. The molecular formula is C14H17N3O3. The van der Waals surface area contributed by atoms with Gasteiger partial charge in [0.15, 0.2) is 5.82 Å². The minimum Gasteiger partial charge on any atom is -0.493 e. The number of aliphatic hydroxyl groups excluding tert-OH is 1. The molecule has 6 nitrogen and oxygen atoms in total. The van der Waals surface area contributed by atoms with Gasteiger partial charge in [-0.2, -0.15) is 0 Å². The van der Waals surface area contributed by atoms with E-state index in [4.69, 9.17) is 14.6 Å². The molecule has 1 aromatic heterocycles. The Balaban J connectivity index is 2.47. The Labute approximate surface area is 117 Å². The number of ether oxygens (including phenoxy) is 2. The second kappa shape index (κ2) is 6.81. The molecule has 0 radical (unpaired) electrons. The van der Waals surface area contributed by atoms with Crippen molar-refractivity contribution >= 4 is 0 Å². The smallest absolute Gasteiger partial charge is 0.166 e. The molecule has 0 aliphatic heterocycles. The molecule has 0 aliphatic carbocycles. The Morgan fingerprint density at radius 3 is 2.55 bits per heavy atom. The van der Waals surface area contributed by atoms with E-state index in [9.17, 15) is 0 Å². The minimum atomic E-state index is -0.0606. The second-order valence-electron chi connectivity index (χ2n) is 4.03. The molecule has 0 bridgehead atoms. The van der Waals surface area contributed by atoms with Crippen LogP contribution in [0.3, 0.4) is 0 Å². The van der Waals surface area contributed by atoms with Crippen LogP contribution in [0.1, 0.15) is 12.5 Å². The van der Waals surface area contributed by atoms with Crippen molar-refractivity contribution in [3.8, 4) is 22.9 Å². The van der Waals surface area contributed by atoms with Gasteiger partial charge in [-0.1, -0.05) is 0 Å². The van der Waals surface area contributed by atoms with E-state index in [1.165, 1.54) is 12.7 Å². The van der Waals surface area contributed by atoms with Crippen LogP contribution in [0.5, 0.6) is 11.5 Å². The summed E-state index contributed by atoms with van der Waals surface area (Å²) in [5, 5.41) is 8.96. The van der Waals surface area contributed by atoms with E-state index in [0.717, 1.165) is 16.9 Å². The summed E-state index contributed by atoms with van der Waals surface area (Å²) in [5.41, 5.74) is 1.61. The summed E-state index contributed by atoms with van der Waals surface area (Å²) in [5.74, 6) is 1.90. The monoisotopic (exact) mass is 275 g/mol. The van der Waals surface area contributed by atoms with E-state index in [0.29, 0.717) is 18.2 Å². The van der Waals surface area contributed by atoms with Gasteiger partial charge in [0, 0.05) is 5.56 Å². The van der Waals surface area contributed by atoms with E-state index >= 15 is 0 Å². The molecule has 1 N–H and O–H groups in total. The van der Waals surface area contributed by atoms with E-state index in [2.05, 4.69) is 15.0 Å². The van der Waals surface area contributed by atoms with Crippen molar-refractivity contribution in [3.05, 3.63) is 30.4 Å². The Bertz CT molecular complexity index is 561. The zero-order chi connectivity index (χ0) is 14.4. The first kappa shape index (κ1) is 14.2. The highest BCUT2D eigenvalue weighted by Crippen LogP contribution is 2.36. The molecule has 0 atom stereocenters. The van der Waals surface area contributed by atoms with Gasteiger partial charge in [-0.25, -0.2) is 15.0 Å². The topological polar surface area (TPSA) is 77.4 Å². The van der Waals surface area contributed by atoms with Gasteiger partial charge < -0.3 is 14.6 Å². The molecule has 0 amide bonds. The maximum Gasteiger partial charge on any atom is 0.166 e. The Morgan fingerprint density at radius 1 is 1.15 bits per heavy atom. The Morgan fingerprint density at radius 2 is 1.90 bits per heavy atom. The highest BCUT2D eigenvalue weighted by Gasteiger charge is 2.15. The van der Waals surface area contributed by atoms with Gasteiger partial charge in [0.2, 0.25) is 0 Å². The molecule has 6 heteroatoms. The molecule has 2 aromatic rings. The van der Waals surface area contributed by atoms with E-state index in [-0.39, 0.29) is 13.2 Å². The minimum absolute atomic E-state index is 0.0606. The molecule has 0 spiro atoms. The van der Waals surface area contributed by atoms with Crippen LogP contribution in [-0.4, -0.2) is 39.9 Å². The van der Waals surface area contributed by atoms with Crippen molar-refractivity contribution in [1.29, 1.82) is 0 Å². The van der Waals surface area contributed by atoms with Crippen molar-refractivity contribution in [2.75, 3.05) is 19.8 Å². The van der Waals surface area contributed by atoms with Crippen LogP contribution in [-0.2, 0) is 0 Å². The number of hydrogen-bond acceptors (Lipinski definition) is 6. The van der Waals surface area contributed by atoms with Crippen molar-refractivity contribution in [3.63, 3.8) is 0 Å². The lowest BCUT2D eigenvalue weighted by molar-refractivity contribution is 0.200.